The lowest BCUT2D eigenvalue weighted by molar-refractivity contribution is -0.00000308. The topological polar surface area (TPSA) is 24.4 Å². The van der Waals surface area contributed by atoms with Gasteiger partial charge in [-0.1, -0.05) is 22.0 Å². The van der Waals surface area contributed by atoms with Crippen LogP contribution < -0.4 is 17.7 Å². The highest BCUT2D eigenvalue weighted by molar-refractivity contribution is 9.10. The van der Waals surface area contributed by atoms with Crippen LogP contribution in [0.1, 0.15) is 17.5 Å². The van der Waals surface area contributed by atoms with Gasteiger partial charge in [-0.15, -0.1) is 0 Å². The summed E-state index contributed by atoms with van der Waals surface area (Å²) in [6, 6.07) is 6.48. The molecular weight excluding hydrogens is 300 g/mol. The molecule has 0 saturated carbocycles. The first-order valence-corrected chi connectivity index (χ1v) is 6.02. The Morgan fingerprint density at radius 3 is 3.00 bits per heavy atom. The van der Waals surface area contributed by atoms with E-state index in [1.54, 1.807) is 6.20 Å². The van der Waals surface area contributed by atoms with Gasteiger partial charge in [0.2, 0.25) is 11.9 Å². The maximum Gasteiger partial charge on any atom is 0.253 e. The van der Waals surface area contributed by atoms with Crippen LogP contribution in [0.3, 0.4) is 0 Å². The molecule has 0 amide bonds. The number of rotatable bonds is 1. The Balaban J connectivity index is 0.00000108. The lowest BCUT2D eigenvalue weighted by atomic mass is 10.1. The summed E-state index contributed by atoms with van der Waals surface area (Å²) < 4.78 is 1.15. The van der Waals surface area contributed by atoms with Gasteiger partial charge in [0.15, 0.2) is 0 Å². The molecule has 0 bridgehead atoms. The van der Waals surface area contributed by atoms with Gasteiger partial charge >= 0.3 is 0 Å². The average Bonchev–Trinajstić information content (AvgIpc) is 2.89. The van der Waals surface area contributed by atoms with Crippen molar-refractivity contribution in [3.63, 3.8) is 0 Å². The lowest BCUT2D eigenvalue weighted by Crippen LogP contribution is -3.00. The van der Waals surface area contributed by atoms with Crippen LogP contribution >= 0.6 is 15.9 Å². The minimum Gasteiger partial charge on any atom is -1.00 e. The summed E-state index contributed by atoms with van der Waals surface area (Å²) in [6.45, 7) is 0. The molecule has 86 valence electrons. The van der Waals surface area contributed by atoms with Crippen molar-refractivity contribution in [2.24, 2.45) is 4.99 Å². The molecule has 1 aromatic carbocycles. The Hall–Kier alpha value is -1.15. The largest absolute Gasteiger partial charge is 1.00 e. The van der Waals surface area contributed by atoms with Crippen molar-refractivity contribution in [2.45, 2.75) is 12.8 Å². The second-order valence-electron chi connectivity index (χ2n) is 3.92. The van der Waals surface area contributed by atoms with Crippen LogP contribution in [0, 0.1) is 0 Å². The second kappa shape index (κ2) is 5.01. The maximum absolute atomic E-state index is 3.90. The molecule has 2 aliphatic rings. The molecule has 0 atom stereocenters. The fourth-order valence-corrected chi connectivity index (χ4v) is 2.54. The molecule has 2 nitrogen and oxygen atoms in total. The standard InChI is InChI=1S/C13H10BrN2.ClH/c14-11-3-4-13-9(5-11)1-2-10(13)6-12-7-15-8-16-12;/h3-7H,1-2H2,(H,15,16);1H/q+1;/p-1. The maximum atomic E-state index is 3.90. The van der Waals surface area contributed by atoms with Crippen LogP contribution in [0.4, 0.5) is 0 Å². The van der Waals surface area contributed by atoms with Crippen LogP contribution in [0.15, 0.2) is 45.6 Å². The van der Waals surface area contributed by atoms with Gasteiger partial charge in [-0.05, 0) is 46.7 Å². The number of fused-ring (bicyclic) bond motifs is 1. The van der Waals surface area contributed by atoms with E-state index in [2.05, 4.69) is 56.9 Å². The minimum absolute atomic E-state index is 0. The zero-order chi connectivity index (χ0) is 11.0. The summed E-state index contributed by atoms with van der Waals surface area (Å²) in [5, 5.41) is 2.98. The second-order valence-corrected chi connectivity index (χ2v) is 4.84. The Kier molecular flexibility index (Phi) is 3.63. The normalized spacial score (nSPS) is 18.2. The number of allylic oxidation sites excluding steroid dienone is 2. The summed E-state index contributed by atoms with van der Waals surface area (Å²) in [7, 11) is 0. The smallest absolute Gasteiger partial charge is 0.253 e. The molecule has 17 heavy (non-hydrogen) atoms. The summed E-state index contributed by atoms with van der Waals surface area (Å²) in [5.41, 5.74) is 5.17. The summed E-state index contributed by atoms with van der Waals surface area (Å²) in [4.78, 5) is 3.90. The van der Waals surface area contributed by atoms with Crippen molar-refractivity contribution in [1.29, 1.82) is 0 Å². The molecule has 0 radical (unpaired) electrons. The molecule has 0 unspecified atom stereocenters. The molecule has 1 aromatic rings. The number of nitrogens with one attached hydrogen (secondary N) is 1. The van der Waals surface area contributed by atoms with Crippen molar-refractivity contribution in [3.05, 3.63) is 51.8 Å². The van der Waals surface area contributed by atoms with Gasteiger partial charge in [0, 0.05) is 10.5 Å². The van der Waals surface area contributed by atoms with Crippen molar-refractivity contribution in [2.75, 3.05) is 0 Å². The highest BCUT2D eigenvalue weighted by atomic mass is 79.9. The van der Waals surface area contributed by atoms with Crippen LogP contribution in [-0.4, -0.2) is 6.34 Å². The fraction of sp³-hybridized carbons (Fsp3) is 0.154. The molecule has 1 aliphatic heterocycles. The first kappa shape index (κ1) is 12.3. The van der Waals surface area contributed by atoms with Crippen molar-refractivity contribution >= 4 is 27.8 Å². The molecule has 1 N–H and O–H groups in total. The highest BCUT2D eigenvalue weighted by Crippen LogP contribution is 2.34. The molecule has 4 heteroatoms. The molecule has 0 saturated heterocycles. The van der Waals surface area contributed by atoms with E-state index in [1.165, 1.54) is 16.7 Å². The summed E-state index contributed by atoms with van der Waals surface area (Å²) >= 11 is 3.50. The number of hydrogen-bond acceptors (Lipinski definition) is 2. The number of halogens is 2. The first-order chi connectivity index (χ1) is 7.83. The van der Waals surface area contributed by atoms with E-state index in [0.717, 1.165) is 23.0 Å². The highest BCUT2D eigenvalue weighted by Gasteiger charge is 2.19. The van der Waals surface area contributed by atoms with E-state index < -0.39 is 0 Å². The summed E-state index contributed by atoms with van der Waals surface area (Å²) in [6.07, 6.45) is 8.89. The molecule has 1 heterocycles. The van der Waals surface area contributed by atoms with E-state index in [4.69, 9.17) is 0 Å². The van der Waals surface area contributed by atoms with Crippen LogP contribution in [-0.2, 0) is 6.42 Å². The van der Waals surface area contributed by atoms with Crippen LogP contribution in [0.2, 0.25) is 0 Å². The monoisotopic (exact) mass is 308 g/mol. The van der Waals surface area contributed by atoms with Gasteiger partial charge in [0.05, 0.1) is 0 Å². The van der Waals surface area contributed by atoms with Crippen LogP contribution in [0.5, 0.6) is 0 Å². The van der Waals surface area contributed by atoms with Gasteiger partial charge in [0.25, 0.3) is 6.34 Å². The Morgan fingerprint density at radius 1 is 1.35 bits per heavy atom. The summed E-state index contributed by atoms with van der Waals surface area (Å²) in [5.74, 6) is 0. The van der Waals surface area contributed by atoms with Gasteiger partial charge < -0.3 is 12.4 Å². The number of benzene rings is 1. The minimum atomic E-state index is 0. The third kappa shape index (κ3) is 2.42. The average molecular weight is 310 g/mol. The third-order valence-corrected chi connectivity index (χ3v) is 3.37. The lowest BCUT2D eigenvalue weighted by Gasteiger charge is -2.00. The quantitative estimate of drug-likeness (QED) is 0.733. The molecule has 0 spiro atoms. The predicted octanol–water partition coefficient (Wildman–Crippen LogP) is 0.133. The van der Waals surface area contributed by atoms with Crippen molar-refractivity contribution in [3.8, 4) is 0 Å². The van der Waals surface area contributed by atoms with Gasteiger partial charge in [0.1, 0.15) is 0 Å². The first-order valence-electron chi connectivity index (χ1n) is 5.23. The predicted molar refractivity (Wildman–Crippen MR) is 69.1 cm³/mol. The SMILES string of the molecule is Brc1ccc2c(c1)CCC2=CC1=CN=[C+]N1.[Cl-]. The van der Waals surface area contributed by atoms with Crippen molar-refractivity contribution in [1.82, 2.24) is 5.32 Å². The molecule has 0 aromatic heterocycles. The fourth-order valence-electron chi connectivity index (χ4n) is 2.13. The third-order valence-electron chi connectivity index (χ3n) is 2.88. The van der Waals surface area contributed by atoms with E-state index in [0.29, 0.717) is 0 Å². The van der Waals surface area contributed by atoms with Crippen molar-refractivity contribution < 1.29 is 12.4 Å². The van der Waals surface area contributed by atoms with E-state index in [9.17, 15) is 0 Å². The van der Waals surface area contributed by atoms with E-state index in [1.807, 2.05) is 0 Å². The van der Waals surface area contributed by atoms with Gasteiger partial charge in [-0.3, -0.25) is 0 Å². The molecule has 3 rings (SSSR count). The molecular formula is C13H10BrClN2. The Morgan fingerprint density at radius 2 is 2.24 bits per heavy atom. The number of aryl methyl sites for hydroxylation is 1. The Bertz CT molecular complexity index is 532. The van der Waals surface area contributed by atoms with E-state index in [-0.39, 0.29) is 12.4 Å². The molecule has 1 aliphatic carbocycles. The van der Waals surface area contributed by atoms with Crippen LogP contribution in [0.25, 0.3) is 5.57 Å². The zero-order valence-corrected chi connectivity index (χ0v) is 11.3. The Labute approximate surface area is 115 Å². The number of hydrogen-bond donors (Lipinski definition) is 1. The number of nitrogens with zero attached hydrogens (tertiary/aromatic N) is 1. The van der Waals surface area contributed by atoms with E-state index >= 15 is 0 Å². The zero-order valence-electron chi connectivity index (χ0n) is 9.00. The number of aliphatic imine (C=N–C) groups is 1. The van der Waals surface area contributed by atoms with Gasteiger partial charge in [-0.2, -0.15) is 5.32 Å². The van der Waals surface area contributed by atoms with Gasteiger partial charge in [-0.25, -0.2) is 0 Å². The molecule has 0 fully saturated rings.